The lowest BCUT2D eigenvalue weighted by molar-refractivity contribution is -0.122. The minimum Gasteiger partial charge on any atom is -0.444 e. The van der Waals surface area contributed by atoms with Gasteiger partial charge in [-0.15, -0.1) is 0 Å². The van der Waals surface area contributed by atoms with Crippen LogP contribution in [0.3, 0.4) is 0 Å². The molecule has 1 saturated heterocycles. The van der Waals surface area contributed by atoms with E-state index in [2.05, 4.69) is 5.32 Å². The largest absolute Gasteiger partial charge is 0.444 e. The number of ether oxygens (including phenoxy) is 1. The van der Waals surface area contributed by atoms with Gasteiger partial charge in [0.2, 0.25) is 5.91 Å². The maximum absolute atomic E-state index is 12.2. The second kappa shape index (κ2) is 6.92. The highest BCUT2D eigenvalue weighted by Gasteiger charge is 2.30. The van der Waals surface area contributed by atoms with Gasteiger partial charge in [0.25, 0.3) is 0 Å². The fraction of sp³-hybridized carbons (Fsp3) is 0.857. The van der Waals surface area contributed by atoms with E-state index >= 15 is 0 Å². The number of hydrogen-bond acceptors (Lipinski definition) is 4. The van der Waals surface area contributed by atoms with E-state index in [1.54, 1.807) is 11.8 Å². The Kier molecular flexibility index (Phi) is 5.80. The van der Waals surface area contributed by atoms with E-state index in [-0.39, 0.29) is 18.0 Å². The highest BCUT2D eigenvalue weighted by atomic mass is 16.6. The molecule has 6 heteroatoms. The first-order valence-electron chi connectivity index (χ1n) is 7.23. The predicted octanol–water partition coefficient (Wildman–Crippen LogP) is 1.24. The van der Waals surface area contributed by atoms with Crippen molar-refractivity contribution in [2.45, 2.75) is 64.6 Å². The van der Waals surface area contributed by atoms with Crippen LogP contribution in [0.2, 0.25) is 0 Å². The van der Waals surface area contributed by atoms with Crippen LogP contribution >= 0.6 is 0 Å². The Morgan fingerprint density at radius 2 is 2.05 bits per heavy atom. The van der Waals surface area contributed by atoms with E-state index in [1.165, 1.54) is 0 Å². The van der Waals surface area contributed by atoms with Crippen LogP contribution in [0.4, 0.5) is 4.79 Å². The van der Waals surface area contributed by atoms with Crippen molar-refractivity contribution in [3.8, 4) is 0 Å². The third-order valence-corrected chi connectivity index (χ3v) is 3.18. The van der Waals surface area contributed by atoms with Crippen LogP contribution in [0, 0.1) is 0 Å². The molecular weight excluding hydrogens is 258 g/mol. The zero-order chi connectivity index (χ0) is 15.3. The summed E-state index contributed by atoms with van der Waals surface area (Å²) in [5.74, 6) is -0.195. The van der Waals surface area contributed by atoms with Gasteiger partial charge in [0.15, 0.2) is 0 Å². The van der Waals surface area contributed by atoms with Gasteiger partial charge in [-0.2, -0.15) is 0 Å². The number of nitrogens with one attached hydrogen (secondary N) is 1. The van der Waals surface area contributed by atoms with Crippen molar-refractivity contribution in [1.29, 1.82) is 0 Å². The van der Waals surface area contributed by atoms with E-state index in [1.807, 2.05) is 20.8 Å². The van der Waals surface area contributed by atoms with Crippen molar-refractivity contribution >= 4 is 12.0 Å². The second-order valence-corrected chi connectivity index (χ2v) is 6.36. The van der Waals surface area contributed by atoms with Crippen LogP contribution in [0.5, 0.6) is 0 Å². The smallest absolute Gasteiger partial charge is 0.410 e. The lowest BCUT2D eigenvalue weighted by Gasteiger charge is -2.36. The highest BCUT2D eigenvalue weighted by molar-refractivity contribution is 5.81. The second-order valence-electron chi connectivity index (χ2n) is 6.36. The molecule has 0 bridgehead atoms. The van der Waals surface area contributed by atoms with E-state index in [0.29, 0.717) is 13.1 Å². The van der Waals surface area contributed by atoms with Gasteiger partial charge in [0.1, 0.15) is 5.60 Å². The molecule has 0 saturated carbocycles. The fourth-order valence-electron chi connectivity index (χ4n) is 2.15. The van der Waals surface area contributed by atoms with Gasteiger partial charge in [0.05, 0.1) is 12.1 Å². The summed E-state index contributed by atoms with van der Waals surface area (Å²) in [6, 6.07) is -0.546. The zero-order valence-corrected chi connectivity index (χ0v) is 12.9. The number of rotatable bonds is 3. The van der Waals surface area contributed by atoms with Gasteiger partial charge >= 0.3 is 6.09 Å². The number of carbonyl (C=O) groups excluding carboxylic acids is 2. The van der Waals surface area contributed by atoms with E-state index in [9.17, 15) is 9.59 Å². The van der Waals surface area contributed by atoms with Crippen molar-refractivity contribution in [1.82, 2.24) is 10.2 Å². The molecule has 1 heterocycles. The summed E-state index contributed by atoms with van der Waals surface area (Å²) in [5.41, 5.74) is 5.01. The van der Waals surface area contributed by atoms with Crippen molar-refractivity contribution in [3.63, 3.8) is 0 Å². The van der Waals surface area contributed by atoms with Gasteiger partial charge in [-0.1, -0.05) is 0 Å². The molecular formula is C14H27N3O3. The molecule has 20 heavy (non-hydrogen) atoms. The quantitative estimate of drug-likeness (QED) is 0.817. The number of piperidine rings is 1. The predicted molar refractivity (Wildman–Crippen MR) is 77.2 cm³/mol. The molecule has 1 rings (SSSR count). The summed E-state index contributed by atoms with van der Waals surface area (Å²) in [5, 5.41) is 2.79. The molecule has 0 spiro atoms. The van der Waals surface area contributed by atoms with Crippen LogP contribution < -0.4 is 11.1 Å². The molecule has 3 N–H and O–H groups in total. The highest BCUT2D eigenvalue weighted by Crippen LogP contribution is 2.20. The standard InChI is InChI=1S/C14H27N3O3/c1-10(15)12(18)16-9-11-7-5-6-8-17(11)13(19)20-14(2,3)4/h10-11H,5-9,15H2,1-4H3,(H,16,18)/t10-,11+/m0/s1. The van der Waals surface area contributed by atoms with E-state index in [0.717, 1.165) is 19.3 Å². The Labute approximate surface area is 121 Å². The van der Waals surface area contributed by atoms with Gasteiger partial charge < -0.3 is 20.7 Å². The molecule has 2 amide bonds. The van der Waals surface area contributed by atoms with Gasteiger partial charge in [-0.25, -0.2) is 4.79 Å². The van der Waals surface area contributed by atoms with Crippen LogP contribution in [-0.4, -0.2) is 47.7 Å². The molecule has 0 unspecified atom stereocenters. The summed E-state index contributed by atoms with van der Waals surface area (Å²) in [6.45, 7) is 8.29. The Morgan fingerprint density at radius 3 is 2.60 bits per heavy atom. The number of hydrogen-bond donors (Lipinski definition) is 2. The molecule has 1 aliphatic rings. The first-order valence-corrected chi connectivity index (χ1v) is 7.23. The summed E-state index contributed by atoms with van der Waals surface area (Å²) in [4.78, 5) is 25.4. The molecule has 0 aromatic carbocycles. The van der Waals surface area contributed by atoms with Crippen LogP contribution in [0.25, 0.3) is 0 Å². The molecule has 0 aliphatic carbocycles. The Balaban J connectivity index is 2.58. The van der Waals surface area contributed by atoms with Crippen molar-refractivity contribution in [3.05, 3.63) is 0 Å². The van der Waals surface area contributed by atoms with Gasteiger partial charge in [0, 0.05) is 13.1 Å². The number of amides is 2. The third kappa shape index (κ3) is 5.36. The van der Waals surface area contributed by atoms with Gasteiger partial charge in [-0.3, -0.25) is 4.79 Å². The number of nitrogens with two attached hydrogens (primary N) is 1. The van der Waals surface area contributed by atoms with E-state index < -0.39 is 11.6 Å². The molecule has 1 aliphatic heterocycles. The summed E-state index contributed by atoms with van der Waals surface area (Å²) < 4.78 is 5.41. The Hall–Kier alpha value is -1.30. The molecule has 0 aromatic rings. The maximum atomic E-state index is 12.2. The number of nitrogens with zero attached hydrogens (tertiary/aromatic N) is 1. The maximum Gasteiger partial charge on any atom is 0.410 e. The Morgan fingerprint density at radius 1 is 1.40 bits per heavy atom. The summed E-state index contributed by atoms with van der Waals surface area (Å²) in [7, 11) is 0. The van der Waals surface area contributed by atoms with Crippen molar-refractivity contribution in [2.24, 2.45) is 5.73 Å². The average molecular weight is 285 g/mol. The normalized spacial score (nSPS) is 21.2. The van der Waals surface area contributed by atoms with E-state index in [4.69, 9.17) is 10.5 Å². The van der Waals surface area contributed by atoms with Crippen LogP contribution in [-0.2, 0) is 9.53 Å². The van der Waals surface area contributed by atoms with Crippen LogP contribution in [0.15, 0.2) is 0 Å². The molecule has 0 radical (unpaired) electrons. The molecule has 0 aromatic heterocycles. The van der Waals surface area contributed by atoms with Crippen molar-refractivity contribution < 1.29 is 14.3 Å². The summed E-state index contributed by atoms with van der Waals surface area (Å²) >= 11 is 0. The topological polar surface area (TPSA) is 84.7 Å². The molecule has 116 valence electrons. The first-order chi connectivity index (χ1) is 9.20. The minimum absolute atomic E-state index is 0.0127. The molecule has 2 atom stereocenters. The monoisotopic (exact) mass is 285 g/mol. The minimum atomic E-state index is -0.534. The average Bonchev–Trinajstić information content (AvgIpc) is 2.34. The molecule has 1 fully saturated rings. The van der Waals surface area contributed by atoms with Crippen LogP contribution in [0.1, 0.15) is 47.0 Å². The van der Waals surface area contributed by atoms with Crippen molar-refractivity contribution in [2.75, 3.05) is 13.1 Å². The lowest BCUT2D eigenvalue weighted by Crippen LogP contribution is -2.52. The van der Waals surface area contributed by atoms with Gasteiger partial charge in [-0.05, 0) is 47.0 Å². The summed E-state index contributed by atoms with van der Waals surface area (Å²) in [6.07, 6.45) is 2.59. The third-order valence-electron chi connectivity index (χ3n) is 3.18. The zero-order valence-electron chi connectivity index (χ0n) is 12.9. The Bertz CT molecular complexity index is 350. The number of carbonyl (C=O) groups is 2. The number of likely N-dealkylation sites (tertiary alicyclic amines) is 1. The lowest BCUT2D eigenvalue weighted by atomic mass is 10.0. The molecule has 6 nitrogen and oxygen atoms in total. The first kappa shape index (κ1) is 16.8. The fourth-order valence-corrected chi connectivity index (χ4v) is 2.15. The SMILES string of the molecule is C[C@H](N)C(=O)NC[C@H]1CCCCN1C(=O)OC(C)(C)C.